The Balaban J connectivity index is 1.81. The Morgan fingerprint density at radius 2 is 1.71 bits per heavy atom. The minimum absolute atomic E-state index is 0.254. The van der Waals surface area contributed by atoms with E-state index >= 15 is 0 Å². The molecule has 1 aliphatic rings. The first kappa shape index (κ1) is 16.5. The van der Waals surface area contributed by atoms with E-state index in [4.69, 9.17) is 0 Å². The molecule has 0 saturated carbocycles. The maximum Gasteiger partial charge on any atom is 0.0233 e. The van der Waals surface area contributed by atoms with E-state index in [1.807, 2.05) is 0 Å². The lowest BCUT2D eigenvalue weighted by Gasteiger charge is -2.32. The van der Waals surface area contributed by atoms with E-state index in [1.54, 1.807) is 0 Å². The lowest BCUT2D eigenvalue weighted by molar-refractivity contribution is 0.172. The fraction of sp³-hybridized carbons (Fsp3) is 0.684. The molecule has 0 aromatic heterocycles. The Morgan fingerprint density at radius 3 is 2.24 bits per heavy atom. The van der Waals surface area contributed by atoms with E-state index in [9.17, 15) is 0 Å². The molecule has 0 unspecified atom stereocenters. The van der Waals surface area contributed by atoms with Crippen LogP contribution in [0.15, 0.2) is 24.3 Å². The van der Waals surface area contributed by atoms with Crippen LogP contribution >= 0.6 is 0 Å². The number of benzene rings is 1. The second-order valence-corrected chi connectivity index (χ2v) is 7.56. The van der Waals surface area contributed by atoms with Crippen LogP contribution < -0.4 is 5.32 Å². The lowest BCUT2D eigenvalue weighted by Crippen LogP contribution is -2.34. The molecule has 21 heavy (non-hydrogen) atoms. The van der Waals surface area contributed by atoms with Gasteiger partial charge in [0.05, 0.1) is 0 Å². The molecule has 0 bridgehead atoms. The van der Waals surface area contributed by atoms with Gasteiger partial charge in [0.1, 0.15) is 0 Å². The van der Waals surface area contributed by atoms with Gasteiger partial charge in [-0.15, -0.1) is 0 Å². The van der Waals surface area contributed by atoms with Gasteiger partial charge in [-0.25, -0.2) is 0 Å². The molecular formula is C19H32N2. The highest BCUT2D eigenvalue weighted by Crippen LogP contribution is 2.24. The predicted octanol–water partition coefficient (Wildman–Crippen LogP) is 3.81. The van der Waals surface area contributed by atoms with Crippen molar-refractivity contribution in [2.24, 2.45) is 5.92 Å². The molecule has 0 amide bonds. The van der Waals surface area contributed by atoms with Crippen LogP contribution in [0.5, 0.6) is 0 Å². The summed E-state index contributed by atoms with van der Waals surface area (Å²) >= 11 is 0. The van der Waals surface area contributed by atoms with Gasteiger partial charge in [0.25, 0.3) is 0 Å². The highest BCUT2D eigenvalue weighted by atomic mass is 15.1. The number of nitrogens with one attached hydrogen (secondary N) is 1. The van der Waals surface area contributed by atoms with E-state index in [1.165, 1.54) is 50.0 Å². The summed E-state index contributed by atoms with van der Waals surface area (Å²) in [5.41, 5.74) is 3.14. The minimum Gasteiger partial charge on any atom is -0.320 e. The van der Waals surface area contributed by atoms with Gasteiger partial charge in [-0.1, -0.05) is 45.0 Å². The molecule has 2 nitrogen and oxygen atoms in total. The van der Waals surface area contributed by atoms with Gasteiger partial charge in [0.2, 0.25) is 0 Å². The largest absolute Gasteiger partial charge is 0.320 e. The van der Waals surface area contributed by atoms with Crippen LogP contribution in [0.2, 0.25) is 0 Å². The Hall–Kier alpha value is -0.860. The van der Waals surface area contributed by atoms with Crippen molar-refractivity contribution >= 4 is 0 Å². The molecule has 1 fully saturated rings. The molecule has 1 aromatic carbocycles. The molecule has 1 aliphatic heterocycles. The second kappa shape index (κ2) is 7.42. The lowest BCUT2D eigenvalue weighted by atomic mass is 9.86. The number of rotatable bonds is 5. The van der Waals surface area contributed by atoms with Gasteiger partial charge < -0.3 is 5.32 Å². The molecular weight excluding hydrogens is 256 g/mol. The summed E-state index contributed by atoms with van der Waals surface area (Å²) in [6.07, 6.45) is 4.06. The van der Waals surface area contributed by atoms with Gasteiger partial charge in [-0.2, -0.15) is 0 Å². The van der Waals surface area contributed by atoms with Crippen molar-refractivity contribution in [1.29, 1.82) is 0 Å². The number of nitrogens with zero attached hydrogens (tertiary/aromatic N) is 1. The van der Waals surface area contributed by atoms with Crippen molar-refractivity contribution in [2.45, 2.75) is 52.0 Å². The predicted molar refractivity (Wildman–Crippen MR) is 91.7 cm³/mol. The zero-order valence-electron chi connectivity index (χ0n) is 14.3. The average Bonchev–Trinajstić information content (AvgIpc) is 2.46. The van der Waals surface area contributed by atoms with Crippen molar-refractivity contribution in [3.05, 3.63) is 35.4 Å². The summed E-state index contributed by atoms with van der Waals surface area (Å²) in [5.74, 6) is 0.928. The molecule has 0 spiro atoms. The maximum absolute atomic E-state index is 3.27. The van der Waals surface area contributed by atoms with Gasteiger partial charge >= 0.3 is 0 Å². The monoisotopic (exact) mass is 288 g/mol. The maximum atomic E-state index is 3.27. The van der Waals surface area contributed by atoms with E-state index in [0.29, 0.717) is 0 Å². The standard InChI is InChI=1S/C19H32N2/c1-19(2,3)18-7-5-17(6-8-18)15-21-13-10-16(11-14-21)9-12-20-4/h5-8,16,20H,9-15H2,1-4H3. The number of hydrogen-bond acceptors (Lipinski definition) is 2. The first-order valence-electron chi connectivity index (χ1n) is 8.45. The number of likely N-dealkylation sites (tertiary alicyclic amines) is 1. The topological polar surface area (TPSA) is 15.3 Å². The van der Waals surface area contributed by atoms with Crippen molar-refractivity contribution in [3.8, 4) is 0 Å². The van der Waals surface area contributed by atoms with Crippen molar-refractivity contribution in [3.63, 3.8) is 0 Å². The Labute approximate surface area is 130 Å². The third-order valence-corrected chi connectivity index (χ3v) is 4.74. The molecule has 0 radical (unpaired) electrons. The fourth-order valence-electron chi connectivity index (χ4n) is 3.15. The summed E-state index contributed by atoms with van der Waals surface area (Å²) in [6, 6.07) is 9.23. The van der Waals surface area contributed by atoms with Gasteiger partial charge in [-0.05, 0) is 68.4 Å². The second-order valence-electron chi connectivity index (χ2n) is 7.56. The van der Waals surface area contributed by atoms with Crippen LogP contribution in [0.4, 0.5) is 0 Å². The highest BCUT2D eigenvalue weighted by Gasteiger charge is 2.19. The summed E-state index contributed by atoms with van der Waals surface area (Å²) < 4.78 is 0. The molecule has 1 heterocycles. The molecule has 2 heteroatoms. The van der Waals surface area contributed by atoms with Crippen molar-refractivity contribution in [1.82, 2.24) is 10.2 Å². The molecule has 0 aliphatic carbocycles. The molecule has 2 rings (SSSR count). The summed E-state index contributed by atoms with van der Waals surface area (Å²) in [6.45, 7) is 11.6. The Kier molecular flexibility index (Phi) is 5.83. The summed E-state index contributed by atoms with van der Waals surface area (Å²) in [7, 11) is 2.05. The van der Waals surface area contributed by atoms with E-state index < -0.39 is 0 Å². The summed E-state index contributed by atoms with van der Waals surface area (Å²) in [4.78, 5) is 2.61. The Bertz CT molecular complexity index is 408. The van der Waals surface area contributed by atoms with Crippen molar-refractivity contribution in [2.75, 3.05) is 26.7 Å². The Morgan fingerprint density at radius 1 is 1.10 bits per heavy atom. The van der Waals surface area contributed by atoms with E-state index in [-0.39, 0.29) is 5.41 Å². The fourth-order valence-corrected chi connectivity index (χ4v) is 3.15. The summed E-state index contributed by atoms with van der Waals surface area (Å²) in [5, 5.41) is 3.27. The molecule has 1 saturated heterocycles. The van der Waals surface area contributed by atoms with E-state index in [2.05, 4.69) is 62.3 Å². The van der Waals surface area contributed by atoms with Crippen molar-refractivity contribution < 1.29 is 0 Å². The third-order valence-electron chi connectivity index (χ3n) is 4.74. The zero-order valence-corrected chi connectivity index (χ0v) is 14.3. The van der Waals surface area contributed by atoms with Gasteiger partial charge in [0, 0.05) is 6.54 Å². The average molecular weight is 288 g/mol. The molecule has 1 aromatic rings. The van der Waals surface area contributed by atoms with Crippen LogP contribution in [0, 0.1) is 5.92 Å². The number of piperidine rings is 1. The zero-order chi connectivity index (χ0) is 15.3. The van der Waals surface area contributed by atoms with Crippen LogP contribution in [0.1, 0.15) is 51.2 Å². The molecule has 118 valence electrons. The molecule has 1 N–H and O–H groups in total. The SMILES string of the molecule is CNCCC1CCN(Cc2ccc(C(C)(C)C)cc2)CC1. The molecule has 0 atom stereocenters. The third kappa shape index (κ3) is 5.12. The quantitative estimate of drug-likeness (QED) is 0.886. The van der Waals surface area contributed by atoms with Gasteiger partial charge in [-0.3, -0.25) is 4.90 Å². The number of hydrogen-bond donors (Lipinski definition) is 1. The smallest absolute Gasteiger partial charge is 0.0233 e. The van der Waals surface area contributed by atoms with Crippen LogP contribution in [0.25, 0.3) is 0 Å². The van der Waals surface area contributed by atoms with Crippen LogP contribution in [-0.2, 0) is 12.0 Å². The first-order valence-corrected chi connectivity index (χ1v) is 8.45. The first-order chi connectivity index (χ1) is 9.99. The van der Waals surface area contributed by atoms with Gasteiger partial charge in [0.15, 0.2) is 0 Å². The highest BCUT2D eigenvalue weighted by molar-refractivity contribution is 5.27. The van der Waals surface area contributed by atoms with Crippen LogP contribution in [-0.4, -0.2) is 31.6 Å². The van der Waals surface area contributed by atoms with E-state index in [0.717, 1.165) is 12.5 Å². The normalized spacial score (nSPS) is 18.1. The minimum atomic E-state index is 0.254. The van der Waals surface area contributed by atoms with Crippen LogP contribution in [0.3, 0.4) is 0 Å².